The van der Waals surface area contributed by atoms with Crippen LogP contribution in [0.5, 0.6) is 0 Å². The second-order valence-electron chi connectivity index (χ2n) is 7.05. The molecule has 5 nitrogen and oxygen atoms in total. The van der Waals surface area contributed by atoms with Crippen LogP contribution in [0.3, 0.4) is 0 Å². The summed E-state index contributed by atoms with van der Waals surface area (Å²) in [6.45, 7) is 0. The molecule has 0 spiro atoms. The van der Waals surface area contributed by atoms with Crippen LogP contribution in [0.25, 0.3) is 22.3 Å². The van der Waals surface area contributed by atoms with E-state index in [2.05, 4.69) is 28.2 Å². The third-order valence-electron chi connectivity index (χ3n) is 5.17. The fourth-order valence-electron chi connectivity index (χ4n) is 3.78. The Hall–Kier alpha value is -3.60. The van der Waals surface area contributed by atoms with Gasteiger partial charge in [-0.2, -0.15) is 0 Å². The van der Waals surface area contributed by atoms with Crippen molar-refractivity contribution in [2.24, 2.45) is 0 Å². The van der Waals surface area contributed by atoms with Crippen molar-refractivity contribution < 1.29 is 4.79 Å². The van der Waals surface area contributed by atoms with Gasteiger partial charge in [0.25, 0.3) is 0 Å². The van der Waals surface area contributed by atoms with E-state index < -0.39 is 0 Å². The van der Waals surface area contributed by atoms with Gasteiger partial charge in [-0.1, -0.05) is 42.5 Å². The molecule has 1 aliphatic rings. The molecule has 0 radical (unpaired) electrons. The number of Topliss-reactive ketones (excluding diaryl/α,β-unsaturated/α-hetero) is 1. The van der Waals surface area contributed by atoms with Crippen LogP contribution >= 0.6 is 0 Å². The fraction of sp³-hybridized carbons (Fsp3) is 0.130. The van der Waals surface area contributed by atoms with Crippen LogP contribution < -0.4 is 5.73 Å². The first kappa shape index (κ1) is 16.6. The van der Waals surface area contributed by atoms with Gasteiger partial charge in [0.05, 0.1) is 16.9 Å². The molecule has 2 aromatic carbocycles. The Morgan fingerprint density at radius 3 is 2.61 bits per heavy atom. The number of aromatic nitrogens is 3. The van der Waals surface area contributed by atoms with Crippen LogP contribution in [-0.4, -0.2) is 20.7 Å². The summed E-state index contributed by atoms with van der Waals surface area (Å²) in [7, 11) is 0. The molecule has 2 heterocycles. The highest BCUT2D eigenvalue weighted by Gasteiger charge is 2.20. The van der Waals surface area contributed by atoms with Gasteiger partial charge in [-0.25, -0.2) is 15.0 Å². The number of pyridine rings is 1. The van der Waals surface area contributed by atoms with Gasteiger partial charge < -0.3 is 5.73 Å². The number of rotatable bonds is 3. The Bertz CT molecular complexity index is 1220. The van der Waals surface area contributed by atoms with Gasteiger partial charge in [0.15, 0.2) is 5.78 Å². The summed E-state index contributed by atoms with van der Waals surface area (Å²) < 4.78 is 0. The van der Waals surface area contributed by atoms with Crippen molar-refractivity contribution in [3.63, 3.8) is 0 Å². The summed E-state index contributed by atoms with van der Waals surface area (Å²) in [5, 5.41) is 0. The van der Waals surface area contributed by atoms with E-state index in [0.717, 1.165) is 51.1 Å². The lowest BCUT2D eigenvalue weighted by molar-refractivity contribution is 0.0994. The minimum Gasteiger partial charge on any atom is -0.368 e. The van der Waals surface area contributed by atoms with Crippen molar-refractivity contribution in [1.29, 1.82) is 0 Å². The average Bonchev–Trinajstić information content (AvgIpc) is 3.09. The van der Waals surface area contributed by atoms with Gasteiger partial charge in [0, 0.05) is 24.0 Å². The Morgan fingerprint density at radius 1 is 0.893 bits per heavy atom. The molecular weight excluding hydrogens is 348 g/mol. The number of benzene rings is 2. The first-order valence-corrected chi connectivity index (χ1v) is 9.31. The van der Waals surface area contributed by atoms with E-state index in [1.54, 1.807) is 0 Å². The number of carbonyl (C=O) groups is 1. The lowest BCUT2D eigenvalue weighted by atomic mass is 10.0. The number of carbonyl (C=O) groups excluding carboxylic acids is 1. The molecule has 0 aliphatic heterocycles. The van der Waals surface area contributed by atoms with Crippen molar-refractivity contribution in [1.82, 2.24) is 15.0 Å². The molecule has 5 heteroatoms. The van der Waals surface area contributed by atoms with Gasteiger partial charge in [0.1, 0.15) is 5.52 Å². The Balaban J connectivity index is 1.61. The maximum absolute atomic E-state index is 11.9. The maximum atomic E-state index is 11.9. The molecule has 0 saturated carbocycles. The Morgan fingerprint density at radius 2 is 1.75 bits per heavy atom. The zero-order valence-corrected chi connectivity index (χ0v) is 15.2. The zero-order chi connectivity index (χ0) is 19.1. The summed E-state index contributed by atoms with van der Waals surface area (Å²) in [5.74, 6) is 0.478. The van der Waals surface area contributed by atoms with Crippen LogP contribution in [0.2, 0.25) is 0 Å². The first-order chi connectivity index (χ1) is 13.7. The van der Waals surface area contributed by atoms with E-state index in [-0.39, 0.29) is 11.7 Å². The quantitative estimate of drug-likeness (QED) is 0.593. The lowest BCUT2D eigenvalue weighted by Crippen LogP contribution is -2.03. The molecule has 0 fully saturated rings. The molecule has 0 unspecified atom stereocenters. The summed E-state index contributed by atoms with van der Waals surface area (Å²) in [6.07, 6.45) is 2.03. The second-order valence-corrected chi connectivity index (χ2v) is 7.05. The van der Waals surface area contributed by atoms with Gasteiger partial charge >= 0.3 is 0 Å². The molecule has 0 atom stereocenters. The lowest BCUT2D eigenvalue weighted by Gasteiger charge is -2.09. The van der Waals surface area contributed by atoms with Crippen LogP contribution in [0.1, 0.15) is 33.6 Å². The molecule has 0 saturated heterocycles. The number of hydrogen-bond acceptors (Lipinski definition) is 5. The summed E-state index contributed by atoms with van der Waals surface area (Å²) in [5.41, 5.74) is 13.1. The highest BCUT2D eigenvalue weighted by atomic mass is 16.1. The van der Waals surface area contributed by atoms with Crippen LogP contribution in [0, 0.1) is 0 Å². The third kappa shape index (κ3) is 2.91. The van der Waals surface area contributed by atoms with Gasteiger partial charge in [0.2, 0.25) is 5.95 Å². The third-order valence-corrected chi connectivity index (χ3v) is 5.17. The van der Waals surface area contributed by atoms with Crippen molar-refractivity contribution in [3.8, 4) is 11.3 Å². The molecule has 1 aliphatic carbocycles. The van der Waals surface area contributed by atoms with Crippen LogP contribution in [-0.2, 0) is 12.8 Å². The molecule has 2 aromatic heterocycles. The average molecular weight is 366 g/mol. The molecule has 28 heavy (non-hydrogen) atoms. The SMILES string of the molecule is Nc1nc(Cc2ccccc2)c2nc(-c3ccc4c(c3)CCC4=O)ccc2n1. The number of fused-ring (bicyclic) bond motifs is 2. The van der Waals surface area contributed by atoms with Crippen molar-refractivity contribution in [2.75, 3.05) is 5.73 Å². The number of nitrogens with zero attached hydrogens (tertiary/aromatic N) is 3. The van der Waals surface area contributed by atoms with E-state index >= 15 is 0 Å². The predicted molar refractivity (Wildman–Crippen MR) is 109 cm³/mol. The molecule has 0 bridgehead atoms. The van der Waals surface area contributed by atoms with Crippen molar-refractivity contribution in [3.05, 3.63) is 83.0 Å². The van der Waals surface area contributed by atoms with E-state index in [1.807, 2.05) is 42.5 Å². The van der Waals surface area contributed by atoms with E-state index in [9.17, 15) is 4.79 Å². The van der Waals surface area contributed by atoms with Gasteiger partial charge in [-0.15, -0.1) is 0 Å². The standard InChI is InChI=1S/C23H18N4O/c24-23-26-19-10-9-18(16-6-8-17-15(13-16)7-11-21(17)28)25-22(19)20(27-23)12-14-4-2-1-3-5-14/h1-6,8-10,13H,7,11-12H2,(H2,24,26,27). The fourth-order valence-corrected chi connectivity index (χ4v) is 3.78. The number of ketones is 1. The van der Waals surface area contributed by atoms with Crippen molar-refractivity contribution in [2.45, 2.75) is 19.3 Å². The minimum absolute atomic E-state index is 0.224. The second kappa shape index (κ2) is 6.53. The van der Waals surface area contributed by atoms with Crippen LogP contribution in [0.15, 0.2) is 60.7 Å². The normalized spacial score (nSPS) is 13.1. The monoisotopic (exact) mass is 366 g/mol. The maximum Gasteiger partial charge on any atom is 0.220 e. The number of nitrogens with two attached hydrogens (primary N) is 1. The van der Waals surface area contributed by atoms with Gasteiger partial charge in [-0.3, -0.25) is 4.79 Å². The highest BCUT2D eigenvalue weighted by Crippen LogP contribution is 2.29. The Labute approximate surface area is 162 Å². The van der Waals surface area contributed by atoms with E-state index in [4.69, 9.17) is 10.7 Å². The largest absolute Gasteiger partial charge is 0.368 e. The summed E-state index contributed by atoms with van der Waals surface area (Å²) in [6, 6.07) is 20.0. The Kier molecular flexibility index (Phi) is 3.86. The first-order valence-electron chi connectivity index (χ1n) is 9.31. The molecule has 5 rings (SSSR count). The molecule has 2 N–H and O–H groups in total. The molecule has 0 amide bonds. The topological polar surface area (TPSA) is 81.8 Å². The van der Waals surface area contributed by atoms with E-state index in [1.165, 1.54) is 0 Å². The molecule has 4 aromatic rings. The van der Waals surface area contributed by atoms with Gasteiger partial charge in [-0.05, 0) is 35.7 Å². The minimum atomic E-state index is 0.224. The zero-order valence-electron chi connectivity index (χ0n) is 15.2. The predicted octanol–water partition coefficient (Wildman–Crippen LogP) is 3.99. The number of nitrogen functional groups attached to an aromatic ring is 1. The highest BCUT2D eigenvalue weighted by molar-refractivity contribution is 6.01. The number of aryl methyl sites for hydroxylation is 1. The smallest absolute Gasteiger partial charge is 0.220 e. The number of anilines is 1. The molecular formula is C23H18N4O. The van der Waals surface area contributed by atoms with Crippen LogP contribution in [0.4, 0.5) is 5.95 Å². The number of hydrogen-bond donors (Lipinski definition) is 1. The molecule has 136 valence electrons. The van der Waals surface area contributed by atoms with Crippen molar-refractivity contribution >= 4 is 22.8 Å². The summed E-state index contributed by atoms with van der Waals surface area (Å²) >= 11 is 0. The summed E-state index contributed by atoms with van der Waals surface area (Å²) in [4.78, 5) is 25.6. The van der Waals surface area contributed by atoms with E-state index in [0.29, 0.717) is 12.8 Å².